The third-order valence-electron chi connectivity index (χ3n) is 3.53. The molecule has 64 valence electrons. The molecule has 0 radical (unpaired) electrons. The van der Waals surface area contributed by atoms with Gasteiger partial charge in [0.25, 0.3) is 0 Å². The van der Waals surface area contributed by atoms with Crippen molar-refractivity contribution in [2.75, 3.05) is 6.54 Å². The van der Waals surface area contributed by atoms with Crippen LogP contribution >= 0.6 is 0 Å². The monoisotopic (exact) mass is 153 g/mol. The van der Waals surface area contributed by atoms with E-state index in [1.54, 1.807) is 0 Å². The van der Waals surface area contributed by atoms with Gasteiger partial charge in [0.2, 0.25) is 0 Å². The largest absolute Gasteiger partial charge is 0.330 e. The average Bonchev–Trinajstić information content (AvgIpc) is 2.62. The second-order valence-electron chi connectivity index (χ2n) is 4.57. The first-order valence-electron chi connectivity index (χ1n) is 5.01. The van der Waals surface area contributed by atoms with Gasteiger partial charge >= 0.3 is 0 Å². The van der Waals surface area contributed by atoms with E-state index in [4.69, 9.17) is 5.73 Å². The molecule has 0 amide bonds. The van der Waals surface area contributed by atoms with Crippen molar-refractivity contribution in [3.8, 4) is 0 Å². The van der Waals surface area contributed by atoms with Crippen molar-refractivity contribution in [1.29, 1.82) is 0 Å². The summed E-state index contributed by atoms with van der Waals surface area (Å²) < 4.78 is 0. The van der Waals surface area contributed by atoms with Crippen molar-refractivity contribution in [3.63, 3.8) is 0 Å². The number of nitrogens with two attached hydrogens (primary N) is 1. The van der Waals surface area contributed by atoms with E-state index < -0.39 is 0 Å². The zero-order valence-corrected chi connectivity index (χ0v) is 7.42. The minimum atomic E-state index is 0.906. The van der Waals surface area contributed by atoms with E-state index in [1.807, 2.05) is 0 Å². The summed E-state index contributed by atoms with van der Waals surface area (Å²) in [6, 6.07) is 0. The summed E-state index contributed by atoms with van der Waals surface area (Å²) in [4.78, 5) is 0. The van der Waals surface area contributed by atoms with Crippen LogP contribution in [0, 0.1) is 23.7 Å². The van der Waals surface area contributed by atoms with Gasteiger partial charge < -0.3 is 5.73 Å². The summed E-state index contributed by atoms with van der Waals surface area (Å²) in [6.45, 7) is 3.28. The first kappa shape index (κ1) is 7.60. The van der Waals surface area contributed by atoms with E-state index in [1.165, 1.54) is 25.7 Å². The van der Waals surface area contributed by atoms with Crippen LogP contribution in [0.5, 0.6) is 0 Å². The summed E-state index contributed by atoms with van der Waals surface area (Å²) in [5, 5.41) is 0. The molecule has 2 unspecified atom stereocenters. The predicted octanol–water partition coefficient (Wildman–Crippen LogP) is 2.02. The fourth-order valence-electron chi connectivity index (χ4n) is 2.71. The zero-order chi connectivity index (χ0) is 7.84. The lowest BCUT2D eigenvalue weighted by Crippen LogP contribution is -2.23. The third-order valence-corrected chi connectivity index (χ3v) is 3.53. The standard InChI is InChI=1S/C10H19N/c1-7-4-9(5-7)10-6-8(10)2-3-11/h7-10H,2-6,11H2,1H3. The second kappa shape index (κ2) is 2.78. The lowest BCUT2D eigenvalue weighted by Gasteiger charge is -2.33. The molecule has 1 nitrogen and oxygen atoms in total. The van der Waals surface area contributed by atoms with Gasteiger partial charge in [0.05, 0.1) is 0 Å². The number of hydrogen-bond donors (Lipinski definition) is 1. The SMILES string of the molecule is CC1CC(C2CC2CCN)C1. The summed E-state index contributed by atoms with van der Waals surface area (Å²) in [5.74, 6) is 4.24. The van der Waals surface area contributed by atoms with Gasteiger partial charge in [0, 0.05) is 0 Å². The summed E-state index contributed by atoms with van der Waals surface area (Å²) in [6.07, 6.45) is 5.79. The van der Waals surface area contributed by atoms with E-state index in [9.17, 15) is 0 Å². The Hall–Kier alpha value is -0.0400. The molecular formula is C10H19N. The first-order chi connectivity index (χ1) is 5.31. The van der Waals surface area contributed by atoms with Crippen LogP contribution in [-0.4, -0.2) is 6.54 Å². The van der Waals surface area contributed by atoms with Gasteiger partial charge in [-0.2, -0.15) is 0 Å². The molecule has 2 atom stereocenters. The Morgan fingerprint density at radius 1 is 1.27 bits per heavy atom. The minimum absolute atomic E-state index is 0.906. The van der Waals surface area contributed by atoms with Crippen molar-refractivity contribution in [2.45, 2.75) is 32.6 Å². The van der Waals surface area contributed by atoms with Gasteiger partial charge in [-0.1, -0.05) is 6.92 Å². The molecule has 0 aliphatic heterocycles. The van der Waals surface area contributed by atoms with Gasteiger partial charge in [0.15, 0.2) is 0 Å². The summed E-state index contributed by atoms with van der Waals surface area (Å²) in [5.41, 5.74) is 5.52. The maximum atomic E-state index is 5.52. The molecule has 0 spiro atoms. The van der Waals surface area contributed by atoms with Crippen molar-refractivity contribution >= 4 is 0 Å². The van der Waals surface area contributed by atoms with E-state index in [0.717, 1.165) is 30.2 Å². The van der Waals surface area contributed by atoms with Crippen LogP contribution in [0.25, 0.3) is 0 Å². The summed E-state index contributed by atoms with van der Waals surface area (Å²) in [7, 11) is 0. The van der Waals surface area contributed by atoms with Crippen LogP contribution in [0.1, 0.15) is 32.6 Å². The van der Waals surface area contributed by atoms with Gasteiger partial charge in [-0.05, 0) is 55.9 Å². The fourth-order valence-corrected chi connectivity index (χ4v) is 2.71. The molecule has 0 saturated heterocycles. The Bertz CT molecular complexity index is 138. The Kier molecular flexibility index (Phi) is 1.92. The molecule has 2 rings (SSSR count). The fraction of sp³-hybridized carbons (Fsp3) is 1.00. The molecule has 1 heteroatoms. The van der Waals surface area contributed by atoms with Crippen LogP contribution in [0.2, 0.25) is 0 Å². The van der Waals surface area contributed by atoms with Crippen LogP contribution in [0.15, 0.2) is 0 Å². The lowest BCUT2D eigenvalue weighted by atomic mass is 9.73. The molecule has 0 bridgehead atoms. The Morgan fingerprint density at radius 2 is 2.00 bits per heavy atom. The molecule has 2 saturated carbocycles. The normalized spacial score (nSPS) is 48.5. The highest BCUT2D eigenvalue weighted by atomic mass is 14.6. The highest BCUT2D eigenvalue weighted by Gasteiger charge is 2.45. The smallest absolute Gasteiger partial charge is 0.00745 e. The van der Waals surface area contributed by atoms with Crippen molar-refractivity contribution < 1.29 is 0 Å². The zero-order valence-electron chi connectivity index (χ0n) is 7.42. The molecule has 2 aliphatic carbocycles. The molecule has 2 fully saturated rings. The number of rotatable bonds is 3. The van der Waals surface area contributed by atoms with Crippen molar-refractivity contribution in [2.24, 2.45) is 29.4 Å². The third kappa shape index (κ3) is 1.44. The Balaban J connectivity index is 1.67. The Labute approximate surface area is 69.4 Å². The van der Waals surface area contributed by atoms with Crippen molar-refractivity contribution in [3.05, 3.63) is 0 Å². The molecule has 2 aliphatic rings. The first-order valence-corrected chi connectivity index (χ1v) is 5.01. The highest BCUT2D eigenvalue weighted by molar-refractivity contribution is 4.95. The minimum Gasteiger partial charge on any atom is -0.330 e. The number of hydrogen-bond acceptors (Lipinski definition) is 1. The maximum absolute atomic E-state index is 5.52. The quantitative estimate of drug-likeness (QED) is 0.659. The van der Waals surface area contributed by atoms with Crippen molar-refractivity contribution in [1.82, 2.24) is 0 Å². The van der Waals surface area contributed by atoms with Gasteiger partial charge in [-0.25, -0.2) is 0 Å². The Morgan fingerprint density at radius 3 is 2.55 bits per heavy atom. The molecule has 0 heterocycles. The van der Waals surface area contributed by atoms with Crippen LogP contribution in [0.4, 0.5) is 0 Å². The van der Waals surface area contributed by atoms with Crippen LogP contribution in [0.3, 0.4) is 0 Å². The lowest BCUT2D eigenvalue weighted by molar-refractivity contribution is 0.177. The molecule has 0 aromatic heterocycles. The van der Waals surface area contributed by atoms with E-state index in [0.29, 0.717) is 0 Å². The molecular weight excluding hydrogens is 134 g/mol. The van der Waals surface area contributed by atoms with E-state index in [-0.39, 0.29) is 0 Å². The van der Waals surface area contributed by atoms with Gasteiger partial charge in [-0.3, -0.25) is 0 Å². The predicted molar refractivity (Wildman–Crippen MR) is 47.2 cm³/mol. The van der Waals surface area contributed by atoms with E-state index >= 15 is 0 Å². The summed E-state index contributed by atoms with van der Waals surface area (Å²) >= 11 is 0. The average molecular weight is 153 g/mol. The maximum Gasteiger partial charge on any atom is -0.00745 e. The topological polar surface area (TPSA) is 26.0 Å². The van der Waals surface area contributed by atoms with Gasteiger partial charge in [0.1, 0.15) is 0 Å². The second-order valence-corrected chi connectivity index (χ2v) is 4.57. The molecule has 0 aromatic rings. The van der Waals surface area contributed by atoms with E-state index in [2.05, 4.69) is 6.92 Å². The van der Waals surface area contributed by atoms with Crippen LogP contribution < -0.4 is 5.73 Å². The van der Waals surface area contributed by atoms with Gasteiger partial charge in [-0.15, -0.1) is 0 Å². The molecule has 2 N–H and O–H groups in total. The highest BCUT2D eigenvalue weighted by Crippen LogP contribution is 2.54. The molecule has 11 heavy (non-hydrogen) atoms. The molecule has 0 aromatic carbocycles. The van der Waals surface area contributed by atoms with Crippen LogP contribution in [-0.2, 0) is 0 Å².